The Morgan fingerprint density at radius 1 is 0.551 bits per heavy atom. The lowest BCUT2D eigenvalue weighted by Gasteiger charge is -2.36. The summed E-state index contributed by atoms with van der Waals surface area (Å²) in [5.74, 6) is -1.46. The van der Waals surface area contributed by atoms with Crippen LogP contribution in [0.3, 0.4) is 0 Å². The number of carbonyl (C=O) groups excluding carboxylic acids is 2. The Hall–Kier alpha value is -3.93. The molecule has 0 aromatic heterocycles. The van der Waals surface area contributed by atoms with Crippen LogP contribution in [0.15, 0.2) is 107 Å². The average Bonchev–Trinajstić information content (AvgIpc) is 3.72. The summed E-state index contributed by atoms with van der Waals surface area (Å²) < 4.78 is 135. The zero-order valence-electron chi connectivity index (χ0n) is 46.5. The second-order valence-electron chi connectivity index (χ2n) is 22.8. The number of carbonyl (C=O) groups is 2. The Morgan fingerprint density at radius 3 is 1.21 bits per heavy atom. The number of esters is 2. The number of ether oxygens (including phenoxy) is 4. The highest BCUT2D eigenvalue weighted by Gasteiger charge is 2.56. The molecular weight excluding hydrogens is 1170 g/mol. The van der Waals surface area contributed by atoms with Crippen molar-refractivity contribution in [3.8, 4) is 11.1 Å². The summed E-state index contributed by atoms with van der Waals surface area (Å²) in [6.07, 6.45) is -2.04. The molecule has 4 aromatic carbocycles. The predicted octanol–water partition coefficient (Wildman–Crippen LogP) is 12.1. The second kappa shape index (κ2) is 26.8. The molecule has 0 atom stereocenters. The first-order valence-corrected chi connectivity index (χ1v) is 30.4. The molecule has 0 radical (unpaired) electrons. The van der Waals surface area contributed by atoms with Gasteiger partial charge in [-0.25, -0.2) is 34.4 Å². The van der Waals surface area contributed by atoms with Crippen LogP contribution in [0, 0.1) is 3.57 Å². The fourth-order valence-electron chi connectivity index (χ4n) is 8.81. The van der Waals surface area contributed by atoms with E-state index in [2.05, 4.69) is 22.6 Å². The highest BCUT2D eigenvalue weighted by atomic mass is 127. The molecule has 3 aliphatic rings. The van der Waals surface area contributed by atoms with E-state index in [1.807, 2.05) is 76.2 Å². The zero-order chi connectivity index (χ0) is 58.0. The fourth-order valence-corrected chi connectivity index (χ4v) is 13.0. The van der Waals surface area contributed by atoms with Crippen molar-refractivity contribution in [2.24, 2.45) is 0 Å². The molecule has 78 heavy (non-hydrogen) atoms. The molecule has 3 heterocycles. The van der Waals surface area contributed by atoms with Gasteiger partial charge in [-0.3, -0.25) is 9.59 Å². The Balaban J connectivity index is 0.000000235. The quantitative estimate of drug-likeness (QED) is 0.0453. The van der Waals surface area contributed by atoms with Gasteiger partial charge in [0.2, 0.25) is 12.9 Å². The van der Waals surface area contributed by atoms with Gasteiger partial charge in [-0.15, -0.1) is 0 Å². The highest BCUT2D eigenvalue weighted by Crippen LogP contribution is 2.40. The minimum Gasteiger partial charge on any atom is -0.459 e. The van der Waals surface area contributed by atoms with Gasteiger partial charge in [-0.2, -0.15) is 0 Å². The number of sulfone groups is 2. The van der Waals surface area contributed by atoms with Crippen LogP contribution in [0.1, 0.15) is 132 Å². The molecule has 0 spiro atoms. The van der Waals surface area contributed by atoms with Crippen LogP contribution in [0.2, 0.25) is 0 Å². The van der Waals surface area contributed by atoms with E-state index in [0.29, 0.717) is 19.3 Å². The molecule has 12 nitrogen and oxygen atoms in total. The standard InChI is InChI=1S/C26H32F2O5S.C22H33BO7S.C10H11F2I/c1-25(2,3)33-24(29)26(15-17-32-18-16-26)34(30,31)22-13-11-21(12-14-22)20-9-7-19(8-10-20)5-4-6-23(27)28;1-19(2,3)28-18(24)22(12-14-27-15-13-22)31(25,26)17-10-8-16(9-11-17)23-29-20(4,5)21(6,7)30-23;11-10(12)3-1-2-8-4-6-9(13)7-5-8/h7-14,23H,4-6,15-18H2,1-3H3;8-11H,12-15H2,1-7H3;4-7,10H,1-3H2. The predicted molar refractivity (Wildman–Crippen MR) is 303 cm³/mol. The molecule has 0 amide bonds. The summed E-state index contributed by atoms with van der Waals surface area (Å²) in [5.41, 5.74) is 1.94. The lowest BCUT2D eigenvalue weighted by atomic mass is 9.79. The van der Waals surface area contributed by atoms with Gasteiger partial charge >= 0.3 is 19.1 Å². The maximum absolute atomic E-state index is 13.7. The Kier molecular flexibility index (Phi) is 22.3. The third-order valence-corrected chi connectivity index (χ3v) is 19.7. The zero-order valence-corrected chi connectivity index (χ0v) is 50.3. The lowest BCUT2D eigenvalue weighted by Crippen LogP contribution is -2.53. The molecule has 3 aliphatic heterocycles. The molecule has 0 unspecified atom stereocenters. The molecule has 3 fully saturated rings. The highest BCUT2D eigenvalue weighted by molar-refractivity contribution is 14.1. The van der Waals surface area contributed by atoms with Gasteiger partial charge in [-0.05, 0) is 182 Å². The summed E-state index contributed by atoms with van der Waals surface area (Å²) in [5, 5.41) is 0. The maximum atomic E-state index is 13.7. The number of rotatable bonds is 16. The molecule has 0 N–H and O–H groups in total. The summed E-state index contributed by atoms with van der Waals surface area (Å²) >= 11 is 2.22. The second-order valence-corrected chi connectivity index (χ2v) is 28.6. The van der Waals surface area contributed by atoms with Crippen molar-refractivity contribution in [2.45, 2.75) is 188 Å². The Bertz CT molecular complexity index is 2790. The van der Waals surface area contributed by atoms with Gasteiger partial charge in [0.25, 0.3) is 0 Å². The molecule has 0 bridgehead atoms. The maximum Gasteiger partial charge on any atom is 0.494 e. The van der Waals surface area contributed by atoms with E-state index in [-0.39, 0.29) is 74.7 Å². The number of aryl methyl sites for hydroxylation is 2. The molecule has 3 saturated heterocycles. The third kappa shape index (κ3) is 16.8. The minimum absolute atomic E-state index is 0.00594. The Labute approximate surface area is 473 Å². The average molecular weight is 1240 g/mol. The molecule has 0 saturated carbocycles. The monoisotopic (exact) mass is 1240 g/mol. The van der Waals surface area contributed by atoms with Gasteiger partial charge in [0.1, 0.15) is 11.2 Å². The molecular formula is C58H76BF4IO12S2. The van der Waals surface area contributed by atoms with E-state index in [9.17, 15) is 44.0 Å². The summed E-state index contributed by atoms with van der Waals surface area (Å²) in [4.78, 5) is 26.3. The van der Waals surface area contributed by atoms with Gasteiger partial charge < -0.3 is 28.3 Å². The third-order valence-electron chi connectivity index (χ3n) is 14.0. The first-order valence-electron chi connectivity index (χ1n) is 26.3. The first-order chi connectivity index (χ1) is 36.2. The van der Waals surface area contributed by atoms with Crippen molar-refractivity contribution in [1.82, 2.24) is 0 Å². The number of alkyl halides is 4. The lowest BCUT2D eigenvalue weighted by molar-refractivity contribution is -0.161. The van der Waals surface area contributed by atoms with Crippen molar-refractivity contribution in [1.29, 1.82) is 0 Å². The van der Waals surface area contributed by atoms with Crippen LogP contribution in [-0.2, 0) is 70.4 Å². The van der Waals surface area contributed by atoms with Crippen LogP contribution in [-0.4, -0.2) is 107 Å². The van der Waals surface area contributed by atoms with E-state index in [1.165, 1.54) is 27.8 Å². The molecule has 4 aromatic rings. The number of hydrogen-bond acceptors (Lipinski definition) is 12. The van der Waals surface area contributed by atoms with E-state index in [1.54, 1.807) is 65.8 Å². The largest absolute Gasteiger partial charge is 0.494 e. The van der Waals surface area contributed by atoms with Gasteiger partial charge in [0.05, 0.1) is 21.0 Å². The smallest absolute Gasteiger partial charge is 0.459 e. The van der Waals surface area contributed by atoms with Gasteiger partial charge in [-0.1, -0.05) is 60.7 Å². The SMILES string of the molecule is CC(C)(C)OC(=O)C1(S(=O)(=O)c2ccc(-c3ccc(CCCC(F)F)cc3)cc2)CCOCC1.CC(C)(C)OC(=O)C1(S(=O)(=O)c2ccc(B3OC(C)(C)C(C)(C)O3)cc2)CCOCC1.FC(F)CCCc1ccc(I)cc1. The summed E-state index contributed by atoms with van der Waals surface area (Å²) in [6.45, 7) is 18.9. The topological polar surface area (TPSA) is 158 Å². The van der Waals surface area contributed by atoms with Gasteiger partial charge in [0.15, 0.2) is 29.2 Å². The normalized spacial score (nSPS) is 18.0. The van der Waals surface area contributed by atoms with Crippen molar-refractivity contribution >= 4 is 66.8 Å². The van der Waals surface area contributed by atoms with E-state index >= 15 is 0 Å². The number of halogens is 5. The van der Waals surface area contributed by atoms with Crippen molar-refractivity contribution < 1.29 is 72.2 Å². The van der Waals surface area contributed by atoms with E-state index in [4.69, 9.17) is 28.3 Å². The minimum atomic E-state index is -4.03. The van der Waals surface area contributed by atoms with Crippen LogP contribution in [0.25, 0.3) is 11.1 Å². The Morgan fingerprint density at radius 2 is 0.872 bits per heavy atom. The van der Waals surface area contributed by atoms with Crippen LogP contribution in [0.4, 0.5) is 17.6 Å². The molecule has 20 heteroatoms. The van der Waals surface area contributed by atoms with Crippen molar-refractivity contribution in [3.05, 3.63) is 112 Å². The van der Waals surface area contributed by atoms with Crippen molar-refractivity contribution in [2.75, 3.05) is 26.4 Å². The molecule has 0 aliphatic carbocycles. The number of hydrogen-bond donors (Lipinski definition) is 0. The summed E-state index contributed by atoms with van der Waals surface area (Å²) in [6, 6.07) is 28.4. The van der Waals surface area contributed by atoms with Crippen LogP contribution >= 0.6 is 22.6 Å². The first kappa shape index (κ1) is 64.9. The molecule has 7 rings (SSSR count). The van der Waals surface area contributed by atoms with E-state index in [0.717, 1.165) is 34.1 Å². The van der Waals surface area contributed by atoms with Crippen molar-refractivity contribution in [3.63, 3.8) is 0 Å². The van der Waals surface area contributed by atoms with E-state index < -0.39 is 83.5 Å². The summed E-state index contributed by atoms with van der Waals surface area (Å²) in [7, 11) is -8.64. The number of benzene rings is 4. The van der Waals surface area contributed by atoms with Gasteiger partial charge in [0, 0.05) is 68.5 Å². The van der Waals surface area contributed by atoms with Crippen LogP contribution < -0.4 is 5.46 Å². The molecule has 430 valence electrons. The fraction of sp³-hybridized carbons (Fsp3) is 0.552. The van der Waals surface area contributed by atoms with Crippen LogP contribution in [0.5, 0.6) is 0 Å².